The van der Waals surface area contributed by atoms with Crippen LogP contribution in [0.4, 0.5) is 4.39 Å². The van der Waals surface area contributed by atoms with Crippen LogP contribution in [0, 0.1) is 0 Å². The van der Waals surface area contributed by atoms with Crippen LogP contribution in [0.3, 0.4) is 0 Å². The second-order valence-corrected chi connectivity index (χ2v) is 2.72. The summed E-state index contributed by atoms with van der Waals surface area (Å²) >= 11 is 0. The molecule has 0 aliphatic carbocycles. The van der Waals surface area contributed by atoms with E-state index in [9.17, 15) is 9.18 Å². The Balaban J connectivity index is 2.39. The molecule has 1 aliphatic heterocycles. The van der Waals surface area contributed by atoms with Gasteiger partial charge in [-0.1, -0.05) is 0 Å². The fourth-order valence-corrected chi connectivity index (χ4v) is 1.24. The Labute approximate surface area is 59.8 Å². The Morgan fingerprint density at radius 1 is 1.80 bits per heavy atom. The minimum Gasteiger partial charge on any atom is -0.311 e. The minimum absolute atomic E-state index is 0.211. The molecule has 0 saturated carbocycles. The van der Waals surface area contributed by atoms with Crippen molar-refractivity contribution in [2.24, 2.45) is 0 Å². The quantitative estimate of drug-likeness (QED) is 0.618. The normalized spacial score (nSPS) is 28.4. The smallest absolute Gasteiger partial charge is 0.173 e. The monoisotopic (exact) mass is 145 g/mol. The fraction of sp³-hybridized carbons (Fsp3) is 0.857. The molecule has 1 rings (SSSR count). The average Bonchev–Trinajstić information content (AvgIpc) is 2.36. The molecule has 0 aromatic heterocycles. The zero-order chi connectivity index (χ0) is 7.56. The number of Topliss-reactive ketones (excluding diaryl/α,β-unsaturated/α-hetero) is 1. The van der Waals surface area contributed by atoms with Crippen molar-refractivity contribution in [3.05, 3.63) is 0 Å². The number of rotatable bonds is 2. The van der Waals surface area contributed by atoms with Crippen LogP contribution in [-0.2, 0) is 4.79 Å². The molecule has 10 heavy (non-hydrogen) atoms. The van der Waals surface area contributed by atoms with Gasteiger partial charge in [0.05, 0.1) is 0 Å². The second kappa shape index (κ2) is 3.10. The molecule has 2 atom stereocenters. The summed E-state index contributed by atoms with van der Waals surface area (Å²) in [4.78, 5) is 10.5. The lowest BCUT2D eigenvalue weighted by Gasteiger charge is -2.11. The summed E-state index contributed by atoms with van der Waals surface area (Å²) in [5, 5.41) is 2.94. The van der Waals surface area contributed by atoms with Gasteiger partial charge in [-0.3, -0.25) is 4.79 Å². The molecular formula is C7H12FNO. The van der Waals surface area contributed by atoms with E-state index in [1.165, 1.54) is 6.92 Å². The molecular weight excluding hydrogens is 133 g/mol. The molecule has 0 radical (unpaired) electrons. The number of hydrogen-bond donors (Lipinski definition) is 1. The first-order valence-electron chi connectivity index (χ1n) is 3.59. The van der Waals surface area contributed by atoms with E-state index in [0.717, 1.165) is 19.4 Å². The van der Waals surface area contributed by atoms with Gasteiger partial charge in [-0.15, -0.1) is 0 Å². The van der Waals surface area contributed by atoms with E-state index in [4.69, 9.17) is 0 Å². The van der Waals surface area contributed by atoms with Crippen LogP contribution in [0.5, 0.6) is 0 Å². The van der Waals surface area contributed by atoms with Gasteiger partial charge in [0.1, 0.15) is 0 Å². The number of halogens is 1. The lowest BCUT2D eigenvalue weighted by Crippen LogP contribution is -2.36. The Morgan fingerprint density at radius 3 is 2.90 bits per heavy atom. The first-order valence-corrected chi connectivity index (χ1v) is 3.59. The van der Waals surface area contributed by atoms with Crippen molar-refractivity contribution in [2.75, 3.05) is 6.54 Å². The number of nitrogens with one attached hydrogen (secondary N) is 1. The molecule has 2 nitrogen and oxygen atoms in total. The van der Waals surface area contributed by atoms with Crippen molar-refractivity contribution in [1.29, 1.82) is 0 Å². The summed E-state index contributed by atoms with van der Waals surface area (Å²) in [7, 11) is 0. The molecule has 0 spiro atoms. The van der Waals surface area contributed by atoms with Crippen LogP contribution in [0.15, 0.2) is 0 Å². The predicted molar refractivity (Wildman–Crippen MR) is 36.6 cm³/mol. The zero-order valence-electron chi connectivity index (χ0n) is 6.06. The second-order valence-electron chi connectivity index (χ2n) is 2.72. The summed E-state index contributed by atoms with van der Waals surface area (Å²) in [5.74, 6) is -0.362. The van der Waals surface area contributed by atoms with Crippen LogP contribution in [0.1, 0.15) is 19.8 Å². The predicted octanol–water partition coefficient (Wildman–Crippen LogP) is 0.665. The summed E-state index contributed by atoms with van der Waals surface area (Å²) in [6.07, 6.45) is 0.488. The van der Waals surface area contributed by atoms with E-state index in [0.29, 0.717) is 0 Å². The van der Waals surface area contributed by atoms with E-state index < -0.39 is 6.17 Å². The Hall–Kier alpha value is -0.440. The molecule has 1 saturated heterocycles. The van der Waals surface area contributed by atoms with Crippen molar-refractivity contribution in [1.82, 2.24) is 5.32 Å². The van der Waals surface area contributed by atoms with Gasteiger partial charge in [0.25, 0.3) is 0 Å². The minimum atomic E-state index is -1.29. The molecule has 1 N–H and O–H groups in total. The highest BCUT2D eigenvalue weighted by Gasteiger charge is 2.27. The van der Waals surface area contributed by atoms with Gasteiger partial charge in [-0.2, -0.15) is 0 Å². The number of alkyl halides is 1. The first kappa shape index (κ1) is 7.66. The third kappa shape index (κ3) is 1.53. The van der Waals surface area contributed by atoms with E-state index in [2.05, 4.69) is 5.32 Å². The third-order valence-electron chi connectivity index (χ3n) is 1.84. The van der Waals surface area contributed by atoms with Crippen molar-refractivity contribution in [3.63, 3.8) is 0 Å². The van der Waals surface area contributed by atoms with Crippen molar-refractivity contribution in [2.45, 2.75) is 32.0 Å². The van der Waals surface area contributed by atoms with Crippen molar-refractivity contribution in [3.8, 4) is 0 Å². The van der Waals surface area contributed by atoms with Gasteiger partial charge >= 0.3 is 0 Å². The Kier molecular flexibility index (Phi) is 2.38. The van der Waals surface area contributed by atoms with Crippen LogP contribution in [-0.4, -0.2) is 24.5 Å². The SMILES string of the molecule is CC(=O)C(F)C1CCCN1. The molecule has 0 aromatic carbocycles. The van der Waals surface area contributed by atoms with Gasteiger partial charge in [-0.25, -0.2) is 4.39 Å². The maximum atomic E-state index is 12.8. The van der Waals surface area contributed by atoms with Gasteiger partial charge in [0.2, 0.25) is 0 Å². The van der Waals surface area contributed by atoms with Gasteiger partial charge < -0.3 is 5.32 Å². The molecule has 2 unspecified atom stereocenters. The highest BCUT2D eigenvalue weighted by molar-refractivity contribution is 5.81. The van der Waals surface area contributed by atoms with Gasteiger partial charge in [0.15, 0.2) is 12.0 Å². The zero-order valence-corrected chi connectivity index (χ0v) is 6.06. The van der Waals surface area contributed by atoms with E-state index in [1.807, 2.05) is 0 Å². The number of carbonyl (C=O) groups is 1. The van der Waals surface area contributed by atoms with Gasteiger partial charge in [-0.05, 0) is 26.3 Å². The molecule has 1 heterocycles. The average molecular weight is 145 g/mol. The third-order valence-corrected chi connectivity index (χ3v) is 1.84. The summed E-state index contributed by atoms with van der Waals surface area (Å²) in [6, 6.07) is -0.211. The Morgan fingerprint density at radius 2 is 2.50 bits per heavy atom. The standard InChI is InChI=1S/C7H12FNO/c1-5(10)7(8)6-3-2-4-9-6/h6-7,9H,2-4H2,1H3. The molecule has 0 aromatic rings. The van der Waals surface area contributed by atoms with E-state index >= 15 is 0 Å². The molecule has 3 heteroatoms. The molecule has 1 fully saturated rings. The number of hydrogen-bond acceptors (Lipinski definition) is 2. The molecule has 0 bridgehead atoms. The van der Waals surface area contributed by atoms with Crippen LogP contribution < -0.4 is 5.32 Å². The highest BCUT2D eigenvalue weighted by atomic mass is 19.1. The summed E-state index contributed by atoms with van der Waals surface area (Å²) < 4.78 is 12.8. The van der Waals surface area contributed by atoms with Crippen LogP contribution >= 0.6 is 0 Å². The van der Waals surface area contributed by atoms with E-state index in [-0.39, 0.29) is 11.8 Å². The topological polar surface area (TPSA) is 29.1 Å². The molecule has 1 aliphatic rings. The van der Waals surface area contributed by atoms with Crippen molar-refractivity contribution >= 4 is 5.78 Å². The first-order chi connectivity index (χ1) is 4.72. The number of ketones is 1. The van der Waals surface area contributed by atoms with Gasteiger partial charge in [0, 0.05) is 6.04 Å². The van der Waals surface area contributed by atoms with Crippen LogP contribution in [0.2, 0.25) is 0 Å². The largest absolute Gasteiger partial charge is 0.311 e. The Bertz CT molecular complexity index is 132. The highest BCUT2D eigenvalue weighted by Crippen LogP contribution is 2.12. The summed E-state index contributed by atoms with van der Waals surface area (Å²) in [6.45, 7) is 2.14. The fourth-order valence-electron chi connectivity index (χ4n) is 1.24. The summed E-state index contributed by atoms with van der Waals surface area (Å²) in [5.41, 5.74) is 0. The number of carbonyl (C=O) groups excluding carboxylic acids is 1. The maximum absolute atomic E-state index is 12.8. The lowest BCUT2D eigenvalue weighted by molar-refractivity contribution is -0.122. The van der Waals surface area contributed by atoms with E-state index in [1.54, 1.807) is 0 Å². The molecule has 58 valence electrons. The maximum Gasteiger partial charge on any atom is 0.173 e. The van der Waals surface area contributed by atoms with Crippen molar-refractivity contribution < 1.29 is 9.18 Å². The molecule has 0 amide bonds. The lowest BCUT2D eigenvalue weighted by atomic mass is 10.1. The van der Waals surface area contributed by atoms with Crippen LogP contribution in [0.25, 0.3) is 0 Å².